The minimum atomic E-state index is 0.153. The normalized spacial score (nSPS) is 18.5. The van der Waals surface area contributed by atoms with Gasteiger partial charge < -0.3 is 4.90 Å². The molecule has 1 amide bonds. The lowest BCUT2D eigenvalue weighted by atomic mass is 10.1. The van der Waals surface area contributed by atoms with Gasteiger partial charge in [0.1, 0.15) is 0 Å². The highest BCUT2D eigenvalue weighted by Crippen LogP contribution is 2.36. The number of nitrogens with zero attached hydrogens (tertiary/aromatic N) is 1. The van der Waals surface area contributed by atoms with E-state index in [1.54, 1.807) is 11.3 Å². The van der Waals surface area contributed by atoms with Crippen molar-refractivity contribution in [3.63, 3.8) is 0 Å². The summed E-state index contributed by atoms with van der Waals surface area (Å²) in [6.45, 7) is 2.85. The first-order chi connectivity index (χ1) is 9.66. The third-order valence-electron chi connectivity index (χ3n) is 3.82. The van der Waals surface area contributed by atoms with E-state index in [0.717, 1.165) is 35.0 Å². The zero-order valence-electron chi connectivity index (χ0n) is 11.3. The van der Waals surface area contributed by atoms with Gasteiger partial charge in [-0.05, 0) is 48.9 Å². The second kappa shape index (κ2) is 5.70. The molecule has 1 aromatic heterocycles. The molecule has 4 heteroatoms. The van der Waals surface area contributed by atoms with Gasteiger partial charge in [0.05, 0.1) is 6.04 Å². The number of rotatable bonds is 2. The number of benzene rings is 1. The Morgan fingerprint density at radius 2 is 2.25 bits per heavy atom. The van der Waals surface area contributed by atoms with Crippen LogP contribution in [-0.4, -0.2) is 17.4 Å². The van der Waals surface area contributed by atoms with Crippen LogP contribution in [0.1, 0.15) is 39.7 Å². The van der Waals surface area contributed by atoms with Gasteiger partial charge in [0.2, 0.25) is 0 Å². The average molecular weight is 350 g/mol. The fraction of sp³-hybridized carbons (Fsp3) is 0.312. The second-order valence-corrected chi connectivity index (χ2v) is 7.03. The summed E-state index contributed by atoms with van der Waals surface area (Å²) >= 11 is 5.20. The smallest absolute Gasteiger partial charge is 0.254 e. The molecule has 1 fully saturated rings. The number of hydrogen-bond acceptors (Lipinski definition) is 2. The summed E-state index contributed by atoms with van der Waals surface area (Å²) in [6, 6.07) is 10.3. The summed E-state index contributed by atoms with van der Waals surface area (Å²) in [4.78, 5) is 16.2. The van der Waals surface area contributed by atoms with Crippen molar-refractivity contribution in [1.82, 2.24) is 4.90 Å². The molecule has 1 atom stereocenters. The fourth-order valence-electron chi connectivity index (χ4n) is 2.77. The molecule has 1 aromatic carbocycles. The van der Waals surface area contributed by atoms with Crippen LogP contribution in [0.5, 0.6) is 0 Å². The van der Waals surface area contributed by atoms with E-state index in [0.29, 0.717) is 0 Å². The van der Waals surface area contributed by atoms with E-state index in [4.69, 9.17) is 0 Å². The molecule has 0 N–H and O–H groups in total. The summed E-state index contributed by atoms with van der Waals surface area (Å²) in [7, 11) is 0. The molecule has 1 aliphatic heterocycles. The molecule has 0 aliphatic carbocycles. The van der Waals surface area contributed by atoms with Crippen LogP contribution >= 0.6 is 27.3 Å². The molecular formula is C16H16BrNOS. The molecule has 20 heavy (non-hydrogen) atoms. The van der Waals surface area contributed by atoms with Crippen LogP contribution in [0.25, 0.3) is 0 Å². The van der Waals surface area contributed by atoms with E-state index in [-0.39, 0.29) is 11.9 Å². The van der Waals surface area contributed by atoms with Crippen LogP contribution in [0.4, 0.5) is 0 Å². The Bertz CT molecular complexity index is 623. The molecule has 1 aliphatic rings. The first kappa shape index (κ1) is 13.8. The zero-order chi connectivity index (χ0) is 14.1. The van der Waals surface area contributed by atoms with Crippen molar-refractivity contribution in [2.24, 2.45) is 0 Å². The van der Waals surface area contributed by atoms with Crippen molar-refractivity contribution in [3.8, 4) is 0 Å². The van der Waals surface area contributed by atoms with Gasteiger partial charge in [-0.25, -0.2) is 0 Å². The van der Waals surface area contributed by atoms with Crippen LogP contribution in [0.2, 0.25) is 0 Å². The van der Waals surface area contributed by atoms with E-state index in [9.17, 15) is 4.79 Å². The Kier molecular flexibility index (Phi) is 3.94. The van der Waals surface area contributed by atoms with E-state index >= 15 is 0 Å². The quantitative estimate of drug-likeness (QED) is 0.762. The van der Waals surface area contributed by atoms with Crippen LogP contribution in [0.3, 0.4) is 0 Å². The highest BCUT2D eigenvalue weighted by Gasteiger charge is 2.31. The summed E-state index contributed by atoms with van der Waals surface area (Å²) in [5.41, 5.74) is 1.85. The van der Waals surface area contributed by atoms with Gasteiger partial charge in [0.25, 0.3) is 5.91 Å². The Morgan fingerprint density at radius 3 is 3.00 bits per heavy atom. The Labute approximate surface area is 131 Å². The van der Waals surface area contributed by atoms with E-state index in [1.807, 2.05) is 30.0 Å². The van der Waals surface area contributed by atoms with Gasteiger partial charge in [-0.1, -0.05) is 28.1 Å². The molecule has 1 unspecified atom stereocenters. The minimum absolute atomic E-state index is 0.153. The summed E-state index contributed by atoms with van der Waals surface area (Å²) in [6.07, 6.45) is 2.15. The van der Waals surface area contributed by atoms with E-state index in [2.05, 4.69) is 33.4 Å². The van der Waals surface area contributed by atoms with Crippen molar-refractivity contribution in [1.29, 1.82) is 0 Å². The predicted molar refractivity (Wildman–Crippen MR) is 86.2 cm³/mol. The number of hydrogen-bond donors (Lipinski definition) is 0. The van der Waals surface area contributed by atoms with Gasteiger partial charge in [0, 0.05) is 21.5 Å². The monoisotopic (exact) mass is 349 g/mol. The zero-order valence-corrected chi connectivity index (χ0v) is 13.7. The molecule has 0 bridgehead atoms. The highest BCUT2D eigenvalue weighted by atomic mass is 79.9. The molecule has 1 saturated heterocycles. The average Bonchev–Trinajstić information content (AvgIpc) is 3.10. The topological polar surface area (TPSA) is 20.3 Å². The highest BCUT2D eigenvalue weighted by molar-refractivity contribution is 9.10. The van der Waals surface area contributed by atoms with Crippen molar-refractivity contribution in [2.75, 3.05) is 6.54 Å². The van der Waals surface area contributed by atoms with Gasteiger partial charge in [0.15, 0.2) is 0 Å². The lowest BCUT2D eigenvalue weighted by molar-refractivity contribution is 0.0737. The van der Waals surface area contributed by atoms with Crippen molar-refractivity contribution >= 4 is 33.2 Å². The first-order valence-electron chi connectivity index (χ1n) is 6.77. The van der Waals surface area contributed by atoms with E-state index < -0.39 is 0 Å². The lowest BCUT2D eigenvalue weighted by Gasteiger charge is -2.24. The molecule has 0 saturated carbocycles. The number of carbonyl (C=O) groups excluding carboxylic acids is 1. The van der Waals surface area contributed by atoms with Crippen LogP contribution < -0.4 is 0 Å². The maximum absolute atomic E-state index is 12.8. The van der Waals surface area contributed by atoms with Crippen LogP contribution in [0, 0.1) is 6.92 Å². The Morgan fingerprint density at radius 1 is 1.40 bits per heavy atom. The second-order valence-electron chi connectivity index (χ2n) is 5.13. The molecule has 0 radical (unpaired) electrons. The lowest BCUT2D eigenvalue weighted by Crippen LogP contribution is -2.30. The number of carbonyl (C=O) groups is 1. The predicted octanol–water partition coefficient (Wildman–Crippen LogP) is 4.80. The van der Waals surface area contributed by atoms with E-state index in [1.165, 1.54) is 4.88 Å². The Balaban J connectivity index is 1.91. The third kappa shape index (κ3) is 2.54. The largest absolute Gasteiger partial charge is 0.331 e. The molecule has 3 rings (SSSR count). The van der Waals surface area contributed by atoms with Crippen LogP contribution in [0.15, 0.2) is 40.2 Å². The molecule has 0 spiro atoms. The maximum atomic E-state index is 12.8. The maximum Gasteiger partial charge on any atom is 0.254 e. The van der Waals surface area contributed by atoms with Crippen molar-refractivity contribution in [2.45, 2.75) is 25.8 Å². The van der Waals surface area contributed by atoms with Gasteiger partial charge in [-0.3, -0.25) is 4.79 Å². The van der Waals surface area contributed by atoms with Gasteiger partial charge >= 0.3 is 0 Å². The Hall–Kier alpha value is -1.13. The van der Waals surface area contributed by atoms with Crippen molar-refractivity contribution < 1.29 is 4.79 Å². The minimum Gasteiger partial charge on any atom is -0.331 e. The summed E-state index contributed by atoms with van der Waals surface area (Å²) in [5, 5.41) is 2.08. The fourth-order valence-corrected chi connectivity index (χ4v) is 4.00. The molecular weight excluding hydrogens is 334 g/mol. The number of halogens is 1. The number of thiophene rings is 1. The first-order valence-corrected chi connectivity index (χ1v) is 8.44. The molecule has 104 valence electrons. The standard InChI is InChI=1S/C16H16BrNOS/c1-11-6-7-12(17)10-13(11)16(19)18-8-2-4-14(18)15-5-3-9-20-15/h3,5-7,9-10,14H,2,4,8H2,1H3. The van der Waals surface area contributed by atoms with Crippen molar-refractivity contribution in [3.05, 3.63) is 56.2 Å². The summed E-state index contributed by atoms with van der Waals surface area (Å²) < 4.78 is 0.957. The number of likely N-dealkylation sites (tertiary alicyclic amines) is 1. The third-order valence-corrected chi connectivity index (χ3v) is 5.28. The number of amides is 1. The SMILES string of the molecule is Cc1ccc(Br)cc1C(=O)N1CCCC1c1cccs1. The molecule has 2 aromatic rings. The van der Waals surface area contributed by atoms with Gasteiger partial charge in [-0.2, -0.15) is 0 Å². The number of aryl methyl sites for hydroxylation is 1. The molecule has 2 heterocycles. The summed E-state index contributed by atoms with van der Waals surface area (Å²) in [5.74, 6) is 0.153. The van der Waals surface area contributed by atoms with Crippen LogP contribution in [-0.2, 0) is 0 Å². The van der Waals surface area contributed by atoms with Gasteiger partial charge in [-0.15, -0.1) is 11.3 Å². The molecule has 2 nitrogen and oxygen atoms in total.